The Labute approximate surface area is 177 Å². The number of hydrogen-bond acceptors (Lipinski definition) is 7. The van der Waals surface area contributed by atoms with Gasteiger partial charge in [0.15, 0.2) is 10.8 Å². The van der Waals surface area contributed by atoms with E-state index in [1.807, 2.05) is 0 Å². The SMILES string of the molecule is CC(=O)Nc1ccc(S(=O)(=O)N[C@@H](C)C(=O)NCc2csc(-c3ccco3)n2)cc1. The van der Waals surface area contributed by atoms with Crippen molar-refractivity contribution >= 4 is 38.9 Å². The van der Waals surface area contributed by atoms with Crippen molar-refractivity contribution in [3.63, 3.8) is 0 Å². The molecule has 0 aliphatic heterocycles. The molecule has 158 valence electrons. The zero-order valence-corrected chi connectivity index (χ0v) is 17.8. The van der Waals surface area contributed by atoms with Gasteiger partial charge in [-0.3, -0.25) is 9.59 Å². The highest BCUT2D eigenvalue weighted by molar-refractivity contribution is 7.89. The van der Waals surface area contributed by atoms with E-state index in [2.05, 4.69) is 20.3 Å². The fourth-order valence-electron chi connectivity index (χ4n) is 2.51. The van der Waals surface area contributed by atoms with Gasteiger partial charge >= 0.3 is 0 Å². The lowest BCUT2D eigenvalue weighted by atomic mass is 10.3. The molecule has 1 atom stereocenters. The van der Waals surface area contributed by atoms with Gasteiger partial charge in [0.1, 0.15) is 0 Å². The molecule has 3 rings (SSSR count). The van der Waals surface area contributed by atoms with Crippen LogP contribution in [0.1, 0.15) is 19.5 Å². The summed E-state index contributed by atoms with van der Waals surface area (Å²) in [6, 6.07) is 8.21. The topological polar surface area (TPSA) is 130 Å². The van der Waals surface area contributed by atoms with Gasteiger partial charge in [0.2, 0.25) is 21.8 Å². The van der Waals surface area contributed by atoms with E-state index < -0.39 is 22.0 Å². The first-order chi connectivity index (χ1) is 14.2. The van der Waals surface area contributed by atoms with Gasteiger partial charge < -0.3 is 15.1 Å². The Morgan fingerprint density at radius 3 is 2.57 bits per heavy atom. The number of furan rings is 1. The molecule has 3 N–H and O–H groups in total. The average molecular weight is 449 g/mol. The first kappa shape index (κ1) is 21.7. The maximum absolute atomic E-state index is 12.5. The molecule has 0 saturated heterocycles. The van der Waals surface area contributed by atoms with Gasteiger partial charge in [-0.2, -0.15) is 4.72 Å². The van der Waals surface area contributed by atoms with Crippen molar-refractivity contribution in [2.24, 2.45) is 0 Å². The number of rotatable bonds is 8. The molecule has 2 aromatic heterocycles. The molecule has 30 heavy (non-hydrogen) atoms. The van der Waals surface area contributed by atoms with E-state index in [4.69, 9.17) is 4.42 Å². The van der Waals surface area contributed by atoms with Gasteiger partial charge in [0.05, 0.1) is 29.4 Å². The van der Waals surface area contributed by atoms with Crippen LogP contribution in [-0.2, 0) is 26.2 Å². The Balaban J connectivity index is 1.56. The number of benzene rings is 1. The van der Waals surface area contributed by atoms with Crippen LogP contribution < -0.4 is 15.4 Å². The minimum Gasteiger partial charge on any atom is -0.462 e. The third-order valence-electron chi connectivity index (χ3n) is 3.94. The van der Waals surface area contributed by atoms with E-state index in [0.29, 0.717) is 22.1 Å². The Morgan fingerprint density at radius 2 is 1.93 bits per heavy atom. The summed E-state index contributed by atoms with van der Waals surface area (Å²) in [5.74, 6) is -0.102. The van der Waals surface area contributed by atoms with Crippen molar-refractivity contribution in [3.05, 3.63) is 53.7 Å². The molecule has 0 bridgehead atoms. The zero-order chi connectivity index (χ0) is 21.7. The van der Waals surface area contributed by atoms with E-state index in [1.165, 1.54) is 49.4 Å². The fraction of sp³-hybridized carbons (Fsp3) is 0.211. The molecule has 9 nitrogen and oxygen atoms in total. The molecule has 2 amide bonds. The maximum Gasteiger partial charge on any atom is 0.241 e. The molecule has 0 unspecified atom stereocenters. The summed E-state index contributed by atoms with van der Waals surface area (Å²) < 4.78 is 32.6. The molecule has 0 aliphatic carbocycles. The van der Waals surface area contributed by atoms with Crippen molar-refractivity contribution in [2.45, 2.75) is 31.3 Å². The van der Waals surface area contributed by atoms with Crippen molar-refractivity contribution in [2.75, 3.05) is 5.32 Å². The predicted molar refractivity (Wildman–Crippen MR) is 112 cm³/mol. The molecule has 2 heterocycles. The second kappa shape index (κ2) is 9.20. The Bertz CT molecular complexity index is 1120. The van der Waals surface area contributed by atoms with Crippen LogP contribution in [0.25, 0.3) is 10.8 Å². The van der Waals surface area contributed by atoms with Crippen LogP contribution in [0.4, 0.5) is 5.69 Å². The highest BCUT2D eigenvalue weighted by Crippen LogP contribution is 2.23. The Hall–Kier alpha value is -3.02. The van der Waals surface area contributed by atoms with Crippen LogP contribution in [0.3, 0.4) is 0 Å². The molecule has 0 spiro atoms. The summed E-state index contributed by atoms with van der Waals surface area (Å²) in [7, 11) is -3.91. The van der Waals surface area contributed by atoms with Crippen LogP contribution in [-0.4, -0.2) is 31.3 Å². The van der Waals surface area contributed by atoms with Crippen molar-refractivity contribution in [3.8, 4) is 10.8 Å². The highest BCUT2D eigenvalue weighted by atomic mass is 32.2. The van der Waals surface area contributed by atoms with Crippen LogP contribution in [0.5, 0.6) is 0 Å². The standard InChI is InChI=1S/C19H20N4O5S2/c1-12(23-30(26,27)16-7-5-14(6-8-16)21-13(2)24)18(25)20-10-15-11-29-19(22-15)17-4-3-9-28-17/h3-9,11-12,23H,10H2,1-2H3,(H,20,25)(H,21,24)/t12-/m0/s1. The van der Waals surface area contributed by atoms with E-state index in [9.17, 15) is 18.0 Å². The number of thiazole rings is 1. The number of carbonyl (C=O) groups excluding carboxylic acids is 2. The fourth-order valence-corrected chi connectivity index (χ4v) is 4.50. The second-order valence-corrected chi connectivity index (χ2v) is 8.96. The molecular weight excluding hydrogens is 428 g/mol. The van der Waals surface area contributed by atoms with E-state index in [-0.39, 0.29) is 17.3 Å². The quantitative estimate of drug-likeness (QED) is 0.485. The number of hydrogen-bond donors (Lipinski definition) is 3. The number of aromatic nitrogens is 1. The molecule has 1 aromatic carbocycles. The minimum absolute atomic E-state index is 0.0150. The summed E-state index contributed by atoms with van der Waals surface area (Å²) in [4.78, 5) is 27.7. The smallest absolute Gasteiger partial charge is 0.241 e. The van der Waals surface area contributed by atoms with E-state index in [0.717, 1.165) is 0 Å². The van der Waals surface area contributed by atoms with Gasteiger partial charge in [-0.1, -0.05) is 0 Å². The molecule has 11 heteroatoms. The molecule has 0 aliphatic rings. The lowest BCUT2D eigenvalue weighted by Crippen LogP contribution is -2.44. The zero-order valence-electron chi connectivity index (χ0n) is 16.2. The van der Waals surface area contributed by atoms with Gasteiger partial charge in [-0.15, -0.1) is 11.3 Å². The highest BCUT2D eigenvalue weighted by Gasteiger charge is 2.22. The third kappa shape index (κ3) is 5.53. The van der Waals surface area contributed by atoms with Crippen LogP contribution in [0, 0.1) is 0 Å². The van der Waals surface area contributed by atoms with Crippen LogP contribution >= 0.6 is 11.3 Å². The normalized spacial score (nSPS) is 12.3. The van der Waals surface area contributed by atoms with Crippen molar-refractivity contribution in [1.29, 1.82) is 0 Å². The van der Waals surface area contributed by atoms with E-state index >= 15 is 0 Å². The van der Waals surface area contributed by atoms with Gasteiger partial charge in [0, 0.05) is 18.0 Å². The largest absolute Gasteiger partial charge is 0.462 e. The first-order valence-corrected chi connectivity index (χ1v) is 11.3. The summed E-state index contributed by atoms with van der Waals surface area (Å²) in [5, 5.41) is 7.71. The Morgan fingerprint density at radius 1 is 1.20 bits per heavy atom. The number of sulfonamides is 1. The lowest BCUT2D eigenvalue weighted by molar-refractivity contribution is -0.122. The minimum atomic E-state index is -3.91. The lowest BCUT2D eigenvalue weighted by Gasteiger charge is -2.14. The third-order valence-corrected chi connectivity index (χ3v) is 6.40. The summed E-state index contributed by atoms with van der Waals surface area (Å²) >= 11 is 1.39. The average Bonchev–Trinajstić information content (AvgIpc) is 3.37. The second-order valence-electron chi connectivity index (χ2n) is 6.39. The number of carbonyl (C=O) groups is 2. The molecular formula is C19H20N4O5S2. The van der Waals surface area contributed by atoms with Gasteiger partial charge in [-0.25, -0.2) is 13.4 Å². The van der Waals surface area contributed by atoms with Crippen LogP contribution in [0.2, 0.25) is 0 Å². The van der Waals surface area contributed by atoms with Crippen molar-refractivity contribution in [1.82, 2.24) is 15.0 Å². The van der Waals surface area contributed by atoms with Gasteiger partial charge in [0.25, 0.3) is 0 Å². The number of nitrogens with one attached hydrogen (secondary N) is 3. The molecule has 3 aromatic rings. The monoisotopic (exact) mass is 448 g/mol. The van der Waals surface area contributed by atoms with Gasteiger partial charge in [-0.05, 0) is 43.3 Å². The summed E-state index contributed by atoms with van der Waals surface area (Å²) in [6.45, 7) is 2.97. The Kier molecular flexibility index (Phi) is 6.65. The summed E-state index contributed by atoms with van der Waals surface area (Å²) in [6.07, 6.45) is 1.55. The van der Waals surface area contributed by atoms with E-state index in [1.54, 1.807) is 23.8 Å². The molecule has 0 radical (unpaired) electrons. The van der Waals surface area contributed by atoms with Crippen LogP contribution in [0.15, 0.2) is 57.4 Å². The first-order valence-electron chi connectivity index (χ1n) is 8.90. The predicted octanol–water partition coefficient (Wildman–Crippen LogP) is 2.34. The number of nitrogens with zero attached hydrogens (tertiary/aromatic N) is 1. The summed E-state index contributed by atoms with van der Waals surface area (Å²) in [5.41, 5.74) is 1.12. The molecule has 0 saturated carbocycles. The number of amides is 2. The van der Waals surface area contributed by atoms with Crippen molar-refractivity contribution < 1.29 is 22.4 Å². The molecule has 0 fully saturated rings. The maximum atomic E-state index is 12.5. The number of anilines is 1.